The maximum Gasteiger partial charge on any atom is 0.271 e. The van der Waals surface area contributed by atoms with Gasteiger partial charge >= 0.3 is 0 Å². The summed E-state index contributed by atoms with van der Waals surface area (Å²) < 4.78 is 5.30. The summed E-state index contributed by atoms with van der Waals surface area (Å²) in [4.78, 5) is 22.2. The fourth-order valence-corrected chi connectivity index (χ4v) is 2.00. The fourth-order valence-electron chi connectivity index (χ4n) is 1.78. The lowest BCUT2D eigenvalue weighted by atomic mass is 10.2. The van der Waals surface area contributed by atoms with Crippen LogP contribution in [-0.2, 0) is 0 Å². The molecule has 0 radical (unpaired) electrons. The average molecular weight is 321 g/mol. The highest BCUT2D eigenvalue weighted by atomic mass is 35.5. The first-order valence-corrected chi connectivity index (χ1v) is 6.87. The molecule has 0 bridgehead atoms. The molecule has 0 aliphatic rings. The summed E-state index contributed by atoms with van der Waals surface area (Å²) in [5.41, 5.74) is 0.605. The number of amides is 1. The van der Waals surface area contributed by atoms with Gasteiger partial charge in [-0.25, -0.2) is 0 Å². The molecule has 0 saturated carbocycles. The van der Waals surface area contributed by atoms with E-state index in [1.165, 1.54) is 18.2 Å². The molecule has 7 heteroatoms. The van der Waals surface area contributed by atoms with Gasteiger partial charge < -0.3 is 10.1 Å². The number of non-ortho nitro benzene ring substituents is 1. The Morgan fingerprint density at radius 1 is 1.27 bits per heavy atom. The van der Waals surface area contributed by atoms with Crippen molar-refractivity contribution in [3.8, 4) is 5.75 Å². The van der Waals surface area contributed by atoms with Crippen LogP contribution in [0.5, 0.6) is 5.75 Å². The Kier molecular flexibility index (Phi) is 4.95. The molecule has 0 aliphatic heterocycles. The quantitative estimate of drug-likeness (QED) is 0.669. The molecule has 0 fully saturated rings. The Hall–Kier alpha value is -2.60. The smallest absolute Gasteiger partial charge is 0.271 e. The van der Waals surface area contributed by atoms with Crippen LogP contribution in [0.4, 0.5) is 11.4 Å². The van der Waals surface area contributed by atoms with Crippen LogP contribution in [0.2, 0.25) is 5.02 Å². The molecule has 1 amide bonds. The zero-order chi connectivity index (χ0) is 16.1. The summed E-state index contributed by atoms with van der Waals surface area (Å²) in [6, 6.07) is 10.5. The van der Waals surface area contributed by atoms with E-state index in [1.54, 1.807) is 24.3 Å². The van der Waals surface area contributed by atoms with Crippen molar-refractivity contribution in [2.24, 2.45) is 0 Å². The number of nitro groups is 1. The van der Waals surface area contributed by atoms with Gasteiger partial charge in [-0.1, -0.05) is 11.6 Å². The van der Waals surface area contributed by atoms with Crippen molar-refractivity contribution in [1.29, 1.82) is 0 Å². The third-order valence-corrected chi connectivity index (χ3v) is 3.15. The molecule has 2 aromatic rings. The predicted octanol–water partition coefficient (Wildman–Crippen LogP) is 3.90. The summed E-state index contributed by atoms with van der Waals surface area (Å²) >= 11 is 5.93. The molecule has 0 heterocycles. The minimum absolute atomic E-state index is 0.105. The summed E-state index contributed by atoms with van der Waals surface area (Å²) in [6.45, 7) is 2.42. The summed E-state index contributed by atoms with van der Waals surface area (Å²) in [7, 11) is 0. The van der Waals surface area contributed by atoms with E-state index >= 15 is 0 Å². The van der Waals surface area contributed by atoms with Crippen LogP contribution in [0.1, 0.15) is 17.3 Å². The number of halogens is 1. The van der Waals surface area contributed by atoms with E-state index in [1.807, 2.05) is 6.92 Å². The van der Waals surface area contributed by atoms with E-state index in [2.05, 4.69) is 5.32 Å². The second-order valence-electron chi connectivity index (χ2n) is 4.33. The number of hydrogen-bond acceptors (Lipinski definition) is 4. The summed E-state index contributed by atoms with van der Waals surface area (Å²) in [6.07, 6.45) is 0. The molecule has 2 aromatic carbocycles. The number of rotatable bonds is 5. The Bertz CT molecular complexity index is 701. The second-order valence-corrected chi connectivity index (χ2v) is 4.74. The van der Waals surface area contributed by atoms with Gasteiger partial charge in [0.25, 0.3) is 11.6 Å². The second kappa shape index (κ2) is 6.91. The Morgan fingerprint density at radius 2 is 1.95 bits per heavy atom. The molecular formula is C15H13ClN2O4. The maximum atomic E-state index is 12.1. The molecule has 6 nitrogen and oxygen atoms in total. The first kappa shape index (κ1) is 15.8. The van der Waals surface area contributed by atoms with Crippen LogP contribution in [0, 0.1) is 10.1 Å². The van der Waals surface area contributed by atoms with Gasteiger partial charge in [-0.3, -0.25) is 14.9 Å². The number of anilines is 1. The Morgan fingerprint density at radius 3 is 2.50 bits per heavy atom. The molecular weight excluding hydrogens is 308 g/mol. The molecule has 22 heavy (non-hydrogen) atoms. The van der Waals surface area contributed by atoms with Crippen LogP contribution in [0.3, 0.4) is 0 Å². The largest absolute Gasteiger partial charge is 0.494 e. The van der Waals surface area contributed by atoms with E-state index in [-0.39, 0.29) is 16.6 Å². The van der Waals surface area contributed by atoms with E-state index in [0.29, 0.717) is 23.6 Å². The monoisotopic (exact) mass is 320 g/mol. The first-order valence-electron chi connectivity index (χ1n) is 6.49. The van der Waals surface area contributed by atoms with Gasteiger partial charge in [0.05, 0.1) is 22.2 Å². The number of benzene rings is 2. The normalized spacial score (nSPS) is 10.1. The topological polar surface area (TPSA) is 81.5 Å². The van der Waals surface area contributed by atoms with Crippen LogP contribution >= 0.6 is 11.6 Å². The van der Waals surface area contributed by atoms with Crippen molar-refractivity contribution < 1.29 is 14.5 Å². The third kappa shape index (κ3) is 3.73. The van der Waals surface area contributed by atoms with E-state index in [0.717, 1.165) is 0 Å². The van der Waals surface area contributed by atoms with Gasteiger partial charge in [-0.2, -0.15) is 0 Å². The van der Waals surface area contributed by atoms with E-state index in [9.17, 15) is 14.9 Å². The lowest BCUT2D eigenvalue weighted by Gasteiger charge is -2.08. The minimum atomic E-state index is -0.552. The highest BCUT2D eigenvalue weighted by Crippen LogP contribution is 2.27. The number of nitrogens with zero attached hydrogens (tertiary/aromatic N) is 1. The number of ether oxygens (including phenoxy) is 1. The maximum absolute atomic E-state index is 12.1. The first-order chi connectivity index (χ1) is 10.5. The minimum Gasteiger partial charge on any atom is -0.494 e. The molecule has 2 rings (SSSR count). The standard InChI is InChI=1S/C15H13ClN2O4/c1-2-22-12-6-3-10(4-7-12)15(19)17-14-8-5-11(18(20)21)9-13(14)16/h3-9H,2H2,1H3,(H,17,19). The van der Waals surface area contributed by atoms with Crippen molar-refractivity contribution in [1.82, 2.24) is 0 Å². The molecule has 0 spiro atoms. The van der Waals surface area contributed by atoms with Gasteiger partial charge in [0.15, 0.2) is 0 Å². The van der Waals surface area contributed by atoms with E-state index < -0.39 is 4.92 Å². The van der Waals surface area contributed by atoms with Crippen LogP contribution in [0.25, 0.3) is 0 Å². The van der Waals surface area contributed by atoms with Crippen molar-refractivity contribution in [2.45, 2.75) is 6.92 Å². The van der Waals surface area contributed by atoms with Gasteiger partial charge in [-0.15, -0.1) is 0 Å². The summed E-state index contributed by atoms with van der Waals surface area (Å²) in [5, 5.41) is 13.4. The van der Waals surface area contributed by atoms with Gasteiger partial charge in [0.1, 0.15) is 5.75 Å². The van der Waals surface area contributed by atoms with Crippen molar-refractivity contribution in [2.75, 3.05) is 11.9 Å². The zero-order valence-electron chi connectivity index (χ0n) is 11.7. The number of nitrogens with one attached hydrogen (secondary N) is 1. The molecule has 0 unspecified atom stereocenters. The predicted molar refractivity (Wildman–Crippen MR) is 83.7 cm³/mol. The Labute approximate surface area is 131 Å². The summed E-state index contributed by atoms with van der Waals surface area (Å²) in [5.74, 6) is 0.311. The number of hydrogen-bond donors (Lipinski definition) is 1. The van der Waals surface area contributed by atoms with E-state index in [4.69, 9.17) is 16.3 Å². The number of nitro benzene ring substituents is 1. The van der Waals surface area contributed by atoms with Crippen LogP contribution < -0.4 is 10.1 Å². The van der Waals surface area contributed by atoms with Crippen molar-refractivity contribution >= 4 is 28.9 Å². The van der Waals surface area contributed by atoms with Crippen LogP contribution in [-0.4, -0.2) is 17.4 Å². The lowest BCUT2D eigenvalue weighted by molar-refractivity contribution is -0.384. The molecule has 0 saturated heterocycles. The van der Waals surface area contributed by atoms with Gasteiger partial charge in [-0.05, 0) is 37.3 Å². The lowest BCUT2D eigenvalue weighted by Crippen LogP contribution is -2.12. The average Bonchev–Trinajstić information content (AvgIpc) is 2.50. The highest BCUT2D eigenvalue weighted by molar-refractivity contribution is 6.34. The number of carbonyl (C=O) groups is 1. The molecule has 0 atom stereocenters. The molecule has 114 valence electrons. The van der Waals surface area contributed by atoms with Crippen LogP contribution in [0.15, 0.2) is 42.5 Å². The van der Waals surface area contributed by atoms with Crippen molar-refractivity contribution in [3.05, 3.63) is 63.2 Å². The van der Waals surface area contributed by atoms with Gasteiger partial charge in [0, 0.05) is 17.7 Å². The molecule has 1 N–H and O–H groups in total. The Balaban J connectivity index is 2.13. The highest BCUT2D eigenvalue weighted by Gasteiger charge is 2.12. The van der Waals surface area contributed by atoms with Crippen molar-refractivity contribution in [3.63, 3.8) is 0 Å². The fraction of sp³-hybridized carbons (Fsp3) is 0.133. The zero-order valence-corrected chi connectivity index (χ0v) is 12.5. The molecule has 0 aromatic heterocycles. The SMILES string of the molecule is CCOc1ccc(C(=O)Nc2ccc([N+](=O)[O-])cc2Cl)cc1. The van der Waals surface area contributed by atoms with Gasteiger partial charge in [0.2, 0.25) is 0 Å². The number of carbonyl (C=O) groups excluding carboxylic acids is 1. The third-order valence-electron chi connectivity index (χ3n) is 2.84. The molecule has 0 aliphatic carbocycles.